The number of aromatic nitrogens is 3. The zero-order valence-corrected chi connectivity index (χ0v) is 18.3. The molecule has 0 bridgehead atoms. The van der Waals surface area contributed by atoms with Crippen LogP contribution in [0.4, 0.5) is 11.5 Å². The van der Waals surface area contributed by atoms with Crippen molar-refractivity contribution in [1.82, 2.24) is 14.6 Å². The van der Waals surface area contributed by atoms with Crippen LogP contribution in [0.15, 0.2) is 78.0 Å². The highest BCUT2D eigenvalue weighted by molar-refractivity contribution is 7.92. The normalized spacial score (nSPS) is 11.4. The smallest absolute Gasteiger partial charge is 0.261 e. The zero-order valence-electron chi connectivity index (χ0n) is 17.5. The first-order valence-electron chi connectivity index (χ1n) is 10.3. The molecule has 0 atom stereocenters. The molecule has 9 heteroatoms. The fourth-order valence-corrected chi connectivity index (χ4v) is 4.36. The molecule has 0 fully saturated rings. The number of hydrogen-bond donors (Lipinski definition) is 2. The lowest BCUT2D eigenvalue weighted by molar-refractivity contribution is 0.102. The van der Waals surface area contributed by atoms with Crippen molar-refractivity contribution in [1.29, 1.82) is 0 Å². The summed E-state index contributed by atoms with van der Waals surface area (Å²) in [5, 5.41) is 6.87. The standard InChI is InChI=1S/C23H23N5O3S/c1-2-3-5-17-8-10-19(11-9-17)27-32(30,31)20-7-4-6-18(16-20)23(29)26-22-12-14-24-21-13-15-25-28(21)22/h4,6-16,27H,2-3,5H2,1H3,(H,26,29). The molecule has 2 N–H and O–H groups in total. The molecule has 1 amide bonds. The van der Waals surface area contributed by atoms with Gasteiger partial charge in [-0.1, -0.05) is 31.5 Å². The molecule has 8 nitrogen and oxygen atoms in total. The second kappa shape index (κ2) is 9.19. The summed E-state index contributed by atoms with van der Waals surface area (Å²) < 4.78 is 29.8. The van der Waals surface area contributed by atoms with E-state index in [1.807, 2.05) is 12.1 Å². The number of benzene rings is 2. The average Bonchev–Trinajstić information content (AvgIpc) is 3.28. The van der Waals surface area contributed by atoms with Crippen LogP contribution in [0.2, 0.25) is 0 Å². The van der Waals surface area contributed by atoms with Gasteiger partial charge in [-0.15, -0.1) is 0 Å². The van der Waals surface area contributed by atoms with Crippen LogP contribution >= 0.6 is 0 Å². The van der Waals surface area contributed by atoms with Gasteiger partial charge in [0.1, 0.15) is 5.82 Å². The number of nitrogens with zero attached hydrogens (tertiary/aromatic N) is 3. The van der Waals surface area contributed by atoms with E-state index < -0.39 is 15.9 Å². The molecule has 0 unspecified atom stereocenters. The number of carbonyl (C=O) groups is 1. The van der Waals surface area contributed by atoms with Crippen LogP contribution in [0.5, 0.6) is 0 Å². The Labute approximate surface area is 186 Å². The number of unbranched alkanes of at least 4 members (excludes halogenated alkanes) is 1. The van der Waals surface area contributed by atoms with Crippen molar-refractivity contribution < 1.29 is 13.2 Å². The topological polar surface area (TPSA) is 105 Å². The number of amides is 1. The van der Waals surface area contributed by atoms with E-state index >= 15 is 0 Å². The minimum atomic E-state index is -3.86. The van der Waals surface area contributed by atoms with Crippen molar-refractivity contribution in [2.75, 3.05) is 10.0 Å². The number of nitrogens with one attached hydrogen (secondary N) is 2. The molecule has 0 aliphatic carbocycles. The van der Waals surface area contributed by atoms with Gasteiger partial charge in [0.05, 0.1) is 11.1 Å². The van der Waals surface area contributed by atoms with E-state index in [1.165, 1.54) is 22.7 Å². The monoisotopic (exact) mass is 449 g/mol. The van der Waals surface area contributed by atoms with E-state index in [9.17, 15) is 13.2 Å². The summed E-state index contributed by atoms with van der Waals surface area (Å²) in [6.07, 6.45) is 6.29. The predicted octanol–water partition coefficient (Wildman–Crippen LogP) is 4.13. The van der Waals surface area contributed by atoms with E-state index in [0.717, 1.165) is 24.8 Å². The molecule has 2 aromatic heterocycles. The summed E-state index contributed by atoms with van der Waals surface area (Å²) in [5.41, 5.74) is 2.43. The summed E-state index contributed by atoms with van der Waals surface area (Å²) in [6.45, 7) is 2.13. The highest BCUT2D eigenvalue weighted by Gasteiger charge is 2.17. The number of carbonyl (C=O) groups excluding carboxylic acids is 1. The molecule has 0 saturated carbocycles. The molecular formula is C23H23N5O3S. The molecule has 0 aliphatic heterocycles. The highest BCUT2D eigenvalue weighted by Crippen LogP contribution is 2.19. The third-order valence-corrected chi connectivity index (χ3v) is 6.34. The van der Waals surface area contributed by atoms with Crippen LogP contribution in [0.3, 0.4) is 0 Å². The number of hydrogen-bond acceptors (Lipinski definition) is 5. The van der Waals surface area contributed by atoms with Gasteiger partial charge < -0.3 is 5.32 Å². The SMILES string of the molecule is CCCCc1ccc(NS(=O)(=O)c2cccc(C(=O)Nc3ccnc4ccnn34)c2)cc1. The average molecular weight is 450 g/mol. The minimum Gasteiger partial charge on any atom is -0.306 e. The molecule has 0 saturated heterocycles. The van der Waals surface area contributed by atoms with E-state index in [-0.39, 0.29) is 10.5 Å². The van der Waals surface area contributed by atoms with Gasteiger partial charge in [-0.25, -0.2) is 13.4 Å². The van der Waals surface area contributed by atoms with Gasteiger partial charge in [-0.2, -0.15) is 9.61 Å². The molecule has 0 radical (unpaired) electrons. The summed E-state index contributed by atoms with van der Waals surface area (Å²) in [5.74, 6) is -0.0233. The highest BCUT2D eigenvalue weighted by atomic mass is 32.2. The van der Waals surface area contributed by atoms with Gasteiger partial charge in [-0.3, -0.25) is 9.52 Å². The number of anilines is 2. The van der Waals surface area contributed by atoms with E-state index in [0.29, 0.717) is 17.2 Å². The lowest BCUT2D eigenvalue weighted by Crippen LogP contribution is -2.17. The Morgan fingerprint density at radius 3 is 2.62 bits per heavy atom. The fourth-order valence-electron chi connectivity index (χ4n) is 3.26. The van der Waals surface area contributed by atoms with Gasteiger partial charge in [-0.05, 0) is 54.8 Å². The molecule has 0 aliphatic rings. The maximum Gasteiger partial charge on any atom is 0.261 e. The molecule has 4 aromatic rings. The van der Waals surface area contributed by atoms with E-state index in [2.05, 4.69) is 27.0 Å². The number of aryl methyl sites for hydroxylation is 1. The minimum absolute atomic E-state index is 0.000765. The second-order valence-electron chi connectivity index (χ2n) is 7.32. The zero-order chi connectivity index (χ0) is 22.6. The van der Waals surface area contributed by atoms with Crippen molar-refractivity contribution in [2.24, 2.45) is 0 Å². The number of fused-ring (bicyclic) bond motifs is 1. The van der Waals surface area contributed by atoms with Crippen LogP contribution in [0.25, 0.3) is 5.65 Å². The van der Waals surface area contributed by atoms with Crippen LogP contribution in [0.1, 0.15) is 35.7 Å². The van der Waals surface area contributed by atoms with Gasteiger partial charge in [0.25, 0.3) is 15.9 Å². The van der Waals surface area contributed by atoms with Crippen molar-refractivity contribution in [3.63, 3.8) is 0 Å². The van der Waals surface area contributed by atoms with E-state index in [4.69, 9.17) is 0 Å². The maximum atomic E-state index is 12.9. The molecular weight excluding hydrogens is 426 g/mol. The maximum absolute atomic E-state index is 12.9. The van der Waals surface area contributed by atoms with Gasteiger partial charge in [0.15, 0.2) is 5.65 Å². The Balaban J connectivity index is 1.51. The quantitative estimate of drug-likeness (QED) is 0.421. The van der Waals surface area contributed by atoms with Crippen molar-refractivity contribution in [2.45, 2.75) is 31.1 Å². The second-order valence-corrected chi connectivity index (χ2v) is 9.00. The Bertz CT molecular complexity index is 1350. The molecule has 0 spiro atoms. The number of sulfonamides is 1. The first kappa shape index (κ1) is 21.5. The Morgan fingerprint density at radius 2 is 1.84 bits per heavy atom. The van der Waals surface area contributed by atoms with Crippen LogP contribution in [-0.4, -0.2) is 28.9 Å². The predicted molar refractivity (Wildman–Crippen MR) is 123 cm³/mol. The van der Waals surface area contributed by atoms with E-state index in [1.54, 1.807) is 42.7 Å². The van der Waals surface area contributed by atoms with Crippen LogP contribution in [0, 0.1) is 0 Å². The van der Waals surface area contributed by atoms with Crippen LogP contribution < -0.4 is 10.0 Å². The van der Waals surface area contributed by atoms with Crippen molar-refractivity contribution in [3.05, 3.63) is 84.2 Å². The lowest BCUT2D eigenvalue weighted by atomic mass is 10.1. The third kappa shape index (κ3) is 4.78. The first-order valence-corrected chi connectivity index (χ1v) is 11.8. The summed E-state index contributed by atoms with van der Waals surface area (Å²) in [6, 6.07) is 16.5. The molecule has 4 rings (SSSR count). The molecule has 2 heterocycles. The Kier molecular flexibility index (Phi) is 6.18. The first-order chi connectivity index (χ1) is 15.5. The summed E-state index contributed by atoms with van der Waals surface area (Å²) >= 11 is 0. The Morgan fingerprint density at radius 1 is 1.03 bits per heavy atom. The number of rotatable bonds is 8. The van der Waals surface area contributed by atoms with Crippen LogP contribution in [-0.2, 0) is 16.4 Å². The summed E-state index contributed by atoms with van der Waals surface area (Å²) in [4.78, 5) is 16.9. The van der Waals surface area contributed by atoms with Gasteiger partial charge >= 0.3 is 0 Å². The third-order valence-electron chi connectivity index (χ3n) is 4.96. The Hall–Kier alpha value is -3.72. The summed E-state index contributed by atoms with van der Waals surface area (Å²) in [7, 11) is -3.86. The van der Waals surface area contributed by atoms with Crippen molar-refractivity contribution >= 4 is 33.1 Å². The fraction of sp³-hybridized carbons (Fsp3) is 0.174. The lowest BCUT2D eigenvalue weighted by Gasteiger charge is -2.11. The van der Waals surface area contributed by atoms with Gasteiger partial charge in [0, 0.05) is 23.5 Å². The molecule has 32 heavy (non-hydrogen) atoms. The largest absolute Gasteiger partial charge is 0.306 e. The van der Waals surface area contributed by atoms with Gasteiger partial charge in [0.2, 0.25) is 0 Å². The van der Waals surface area contributed by atoms with Crippen molar-refractivity contribution in [3.8, 4) is 0 Å². The molecule has 164 valence electrons. The molecule has 2 aromatic carbocycles.